The third-order valence-corrected chi connectivity index (χ3v) is 3.64. The van der Waals surface area contributed by atoms with Gasteiger partial charge in [0, 0.05) is 19.2 Å². The minimum Gasteiger partial charge on any atom is -0.396 e. The van der Waals surface area contributed by atoms with E-state index in [1.165, 1.54) is 0 Å². The number of carbonyl (C=O) groups excluding carboxylic acids is 1. The van der Waals surface area contributed by atoms with Gasteiger partial charge in [-0.1, -0.05) is 30.3 Å². The first-order valence-electron chi connectivity index (χ1n) is 7.10. The summed E-state index contributed by atoms with van der Waals surface area (Å²) in [4.78, 5) is 14.2. The third kappa shape index (κ3) is 3.51. The Morgan fingerprint density at radius 2 is 1.82 bits per heavy atom. The van der Waals surface area contributed by atoms with Crippen LogP contribution in [0.5, 0.6) is 0 Å². The maximum atomic E-state index is 12.6. The molecule has 22 heavy (non-hydrogen) atoms. The van der Waals surface area contributed by atoms with Crippen molar-refractivity contribution < 1.29 is 9.90 Å². The second kappa shape index (κ2) is 7.39. The normalized spacial score (nSPS) is 11.5. The van der Waals surface area contributed by atoms with Crippen LogP contribution in [-0.2, 0) is 0 Å². The van der Waals surface area contributed by atoms with Gasteiger partial charge in [0.2, 0.25) is 0 Å². The van der Waals surface area contributed by atoms with E-state index < -0.39 is 0 Å². The Morgan fingerprint density at radius 3 is 2.36 bits per heavy atom. The molecule has 0 heterocycles. The number of hydrogen-bond donors (Lipinski definition) is 1. The molecule has 2 aromatic rings. The van der Waals surface area contributed by atoms with Gasteiger partial charge in [0.1, 0.15) is 0 Å². The predicted molar refractivity (Wildman–Crippen MR) is 84.1 cm³/mol. The summed E-state index contributed by atoms with van der Waals surface area (Å²) in [6, 6.07) is 18.1. The van der Waals surface area contributed by atoms with E-state index in [0.717, 1.165) is 5.56 Å². The number of aliphatic hydroxyl groups is 1. The molecular weight excluding hydrogens is 276 g/mol. The molecule has 0 spiro atoms. The van der Waals surface area contributed by atoms with Gasteiger partial charge >= 0.3 is 0 Å². The molecule has 1 unspecified atom stereocenters. The molecule has 0 aliphatic rings. The number of benzene rings is 2. The average molecular weight is 294 g/mol. The molecule has 0 aromatic heterocycles. The molecule has 0 saturated carbocycles. The van der Waals surface area contributed by atoms with Gasteiger partial charge < -0.3 is 10.0 Å². The van der Waals surface area contributed by atoms with E-state index >= 15 is 0 Å². The van der Waals surface area contributed by atoms with Gasteiger partial charge in [0.05, 0.1) is 17.7 Å². The van der Waals surface area contributed by atoms with Gasteiger partial charge in [-0.3, -0.25) is 4.79 Å². The highest BCUT2D eigenvalue weighted by atomic mass is 16.3. The molecule has 1 amide bonds. The van der Waals surface area contributed by atoms with Gasteiger partial charge in [0.25, 0.3) is 5.91 Å². The number of rotatable bonds is 5. The van der Waals surface area contributed by atoms with Gasteiger partial charge in [-0.25, -0.2) is 0 Å². The quantitative estimate of drug-likeness (QED) is 0.922. The van der Waals surface area contributed by atoms with Crippen LogP contribution in [0.2, 0.25) is 0 Å². The van der Waals surface area contributed by atoms with E-state index in [1.807, 2.05) is 36.4 Å². The topological polar surface area (TPSA) is 64.3 Å². The largest absolute Gasteiger partial charge is 0.396 e. The smallest absolute Gasteiger partial charge is 0.254 e. The fourth-order valence-electron chi connectivity index (χ4n) is 2.41. The number of amides is 1. The Balaban J connectivity index is 2.24. The van der Waals surface area contributed by atoms with Crippen LogP contribution in [-0.4, -0.2) is 29.6 Å². The number of aliphatic hydroxyl groups excluding tert-OH is 1. The van der Waals surface area contributed by atoms with E-state index in [9.17, 15) is 9.90 Å². The van der Waals surface area contributed by atoms with Crippen molar-refractivity contribution >= 4 is 5.91 Å². The Kier molecular flexibility index (Phi) is 5.29. The Labute approximate surface area is 130 Å². The van der Waals surface area contributed by atoms with Crippen LogP contribution in [0.1, 0.15) is 33.9 Å². The van der Waals surface area contributed by atoms with Crippen LogP contribution in [0.3, 0.4) is 0 Å². The molecule has 0 aliphatic carbocycles. The molecule has 1 N–H and O–H groups in total. The maximum Gasteiger partial charge on any atom is 0.254 e. The maximum absolute atomic E-state index is 12.6. The molecule has 2 aromatic carbocycles. The summed E-state index contributed by atoms with van der Waals surface area (Å²) in [5.74, 6) is -0.133. The van der Waals surface area contributed by atoms with Crippen LogP contribution >= 0.6 is 0 Å². The molecule has 4 heteroatoms. The summed E-state index contributed by atoms with van der Waals surface area (Å²) in [7, 11) is 1.73. The molecule has 0 saturated heterocycles. The zero-order valence-corrected chi connectivity index (χ0v) is 12.4. The van der Waals surface area contributed by atoms with Crippen LogP contribution < -0.4 is 0 Å². The Bertz CT molecular complexity index is 660. The highest BCUT2D eigenvalue weighted by molar-refractivity contribution is 5.94. The summed E-state index contributed by atoms with van der Waals surface area (Å²) in [5, 5.41) is 18.1. The van der Waals surface area contributed by atoms with Crippen LogP contribution in [0, 0.1) is 11.3 Å². The lowest BCUT2D eigenvalue weighted by Gasteiger charge is -2.28. The van der Waals surface area contributed by atoms with Crippen molar-refractivity contribution in [1.29, 1.82) is 5.26 Å². The van der Waals surface area contributed by atoms with E-state index in [4.69, 9.17) is 5.26 Å². The lowest BCUT2D eigenvalue weighted by Crippen LogP contribution is -2.31. The average Bonchev–Trinajstić information content (AvgIpc) is 2.59. The summed E-state index contributed by atoms with van der Waals surface area (Å²) < 4.78 is 0. The van der Waals surface area contributed by atoms with Crippen molar-refractivity contribution in [2.45, 2.75) is 12.5 Å². The second-order valence-corrected chi connectivity index (χ2v) is 5.04. The SMILES string of the molecule is CN(C(=O)c1ccc(C#N)cc1)C(CCO)c1ccccc1. The zero-order chi connectivity index (χ0) is 15.9. The molecule has 2 rings (SSSR count). The van der Waals surface area contributed by atoms with Crippen molar-refractivity contribution in [3.8, 4) is 6.07 Å². The first kappa shape index (κ1) is 15.7. The van der Waals surface area contributed by atoms with Gasteiger partial charge in [0.15, 0.2) is 0 Å². The molecule has 0 radical (unpaired) electrons. The Hall–Kier alpha value is -2.64. The lowest BCUT2D eigenvalue weighted by atomic mass is 10.0. The van der Waals surface area contributed by atoms with Crippen LogP contribution in [0.25, 0.3) is 0 Å². The molecule has 112 valence electrons. The molecule has 1 atom stereocenters. The predicted octanol–water partition coefficient (Wildman–Crippen LogP) is 2.75. The van der Waals surface area contributed by atoms with Crippen LogP contribution in [0.15, 0.2) is 54.6 Å². The standard InChI is InChI=1S/C18H18N2O2/c1-20(17(11-12-21)15-5-3-2-4-6-15)18(22)16-9-7-14(13-19)8-10-16/h2-10,17,21H,11-12H2,1H3. The van der Waals surface area contributed by atoms with Crippen LogP contribution in [0.4, 0.5) is 0 Å². The summed E-state index contributed by atoms with van der Waals surface area (Å²) in [5.41, 5.74) is 2.04. The van der Waals surface area contributed by atoms with Gasteiger partial charge in [-0.15, -0.1) is 0 Å². The first-order chi connectivity index (χ1) is 10.7. The lowest BCUT2D eigenvalue weighted by molar-refractivity contribution is 0.0705. The highest BCUT2D eigenvalue weighted by Gasteiger charge is 2.22. The van der Waals surface area contributed by atoms with Gasteiger partial charge in [-0.2, -0.15) is 5.26 Å². The van der Waals surface area contributed by atoms with E-state index in [1.54, 1.807) is 36.2 Å². The van der Waals surface area contributed by atoms with Gasteiger partial charge in [-0.05, 0) is 36.2 Å². The number of nitrogens with zero attached hydrogens (tertiary/aromatic N) is 2. The summed E-state index contributed by atoms with van der Waals surface area (Å²) >= 11 is 0. The fourth-order valence-corrected chi connectivity index (χ4v) is 2.41. The van der Waals surface area contributed by atoms with Crippen molar-refractivity contribution in [1.82, 2.24) is 4.90 Å². The first-order valence-corrected chi connectivity index (χ1v) is 7.10. The number of nitriles is 1. The number of carbonyl (C=O) groups is 1. The highest BCUT2D eigenvalue weighted by Crippen LogP contribution is 2.24. The molecular formula is C18H18N2O2. The Morgan fingerprint density at radius 1 is 1.18 bits per heavy atom. The second-order valence-electron chi connectivity index (χ2n) is 5.04. The van der Waals surface area contributed by atoms with E-state index in [0.29, 0.717) is 17.5 Å². The molecule has 4 nitrogen and oxygen atoms in total. The molecule has 0 fully saturated rings. The molecule has 0 aliphatic heterocycles. The van der Waals surface area contributed by atoms with E-state index in [2.05, 4.69) is 0 Å². The summed E-state index contributed by atoms with van der Waals surface area (Å²) in [6.45, 7) is 0.00452. The third-order valence-electron chi connectivity index (χ3n) is 3.64. The minimum absolute atomic E-state index is 0.00452. The van der Waals surface area contributed by atoms with Crippen molar-refractivity contribution in [3.63, 3.8) is 0 Å². The number of hydrogen-bond acceptors (Lipinski definition) is 3. The summed E-state index contributed by atoms with van der Waals surface area (Å²) in [6.07, 6.45) is 0.475. The van der Waals surface area contributed by atoms with Crippen molar-refractivity contribution in [3.05, 3.63) is 71.3 Å². The van der Waals surface area contributed by atoms with Crippen molar-refractivity contribution in [2.24, 2.45) is 0 Å². The monoisotopic (exact) mass is 294 g/mol. The fraction of sp³-hybridized carbons (Fsp3) is 0.222. The molecule has 0 bridgehead atoms. The zero-order valence-electron chi connectivity index (χ0n) is 12.4. The minimum atomic E-state index is -0.186. The van der Waals surface area contributed by atoms with Crippen molar-refractivity contribution in [2.75, 3.05) is 13.7 Å². The van der Waals surface area contributed by atoms with E-state index in [-0.39, 0.29) is 18.6 Å².